The quantitative estimate of drug-likeness (QED) is 0.533. The number of carbonyl (C=O) groups excluding carboxylic acids is 1. The molecule has 0 fully saturated rings. The molecule has 1 amide bonds. The molecular weight excluding hydrogens is 168 g/mol. The van der Waals surface area contributed by atoms with Crippen LogP contribution in [0.1, 0.15) is 19.8 Å². The summed E-state index contributed by atoms with van der Waals surface area (Å²) in [5.74, 6) is 0.113. The van der Waals surface area contributed by atoms with Crippen molar-refractivity contribution in [3.63, 3.8) is 0 Å². The van der Waals surface area contributed by atoms with Crippen LogP contribution in [0, 0.1) is 0 Å². The zero-order valence-electron chi connectivity index (χ0n) is 8.56. The molecule has 0 aromatic rings. The molecule has 0 unspecified atom stereocenters. The third-order valence-electron chi connectivity index (χ3n) is 1.60. The second-order valence-corrected chi connectivity index (χ2v) is 2.80. The first kappa shape index (κ1) is 12.4. The minimum atomic E-state index is 0.113. The monoisotopic (exact) mass is 188 g/mol. The Morgan fingerprint density at radius 2 is 2.15 bits per heavy atom. The highest BCUT2D eigenvalue weighted by atomic mass is 16.5. The topological polar surface area (TPSA) is 50.4 Å². The number of ether oxygens (including phenoxy) is 1. The Morgan fingerprint density at radius 1 is 1.38 bits per heavy atom. The van der Waals surface area contributed by atoms with Crippen molar-refractivity contribution in [2.24, 2.45) is 0 Å². The third-order valence-corrected chi connectivity index (χ3v) is 1.60. The maximum Gasteiger partial charge on any atom is 0.221 e. The van der Waals surface area contributed by atoms with E-state index in [9.17, 15) is 4.79 Å². The third kappa shape index (κ3) is 9.30. The lowest BCUT2D eigenvalue weighted by Crippen LogP contribution is -2.27. The fourth-order valence-electron chi connectivity index (χ4n) is 0.954. The zero-order chi connectivity index (χ0) is 9.94. The Bertz CT molecular complexity index is 129. The highest BCUT2D eigenvalue weighted by Gasteiger charge is 1.96. The highest BCUT2D eigenvalue weighted by Crippen LogP contribution is 1.79. The van der Waals surface area contributed by atoms with E-state index in [4.69, 9.17) is 4.74 Å². The van der Waals surface area contributed by atoms with Crippen LogP contribution in [0.2, 0.25) is 0 Å². The molecule has 0 rings (SSSR count). The minimum Gasteiger partial charge on any atom is -0.385 e. The molecule has 0 aliphatic heterocycles. The van der Waals surface area contributed by atoms with E-state index in [1.807, 2.05) is 6.92 Å². The first-order chi connectivity index (χ1) is 6.31. The number of hydrogen-bond acceptors (Lipinski definition) is 3. The van der Waals surface area contributed by atoms with E-state index in [0.717, 1.165) is 26.1 Å². The van der Waals surface area contributed by atoms with Crippen molar-refractivity contribution in [2.45, 2.75) is 19.8 Å². The summed E-state index contributed by atoms with van der Waals surface area (Å²) in [6, 6.07) is 0. The molecule has 0 aromatic carbocycles. The molecular formula is C9H20N2O2. The number of carbonyl (C=O) groups is 1. The summed E-state index contributed by atoms with van der Waals surface area (Å²) in [5.41, 5.74) is 0. The Balaban J connectivity index is 3.02. The van der Waals surface area contributed by atoms with Gasteiger partial charge in [0.15, 0.2) is 0 Å². The smallest absolute Gasteiger partial charge is 0.221 e. The number of amides is 1. The van der Waals surface area contributed by atoms with Crippen molar-refractivity contribution in [1.82, 2.24) is 10.6 Å². The van der Waals surface area contributed by atoms with E-state index < -0.39 is 0 Å². The van der Waals surface area contributed by atoms with E-state index in [-0.39, 0.29) is 5.91 Å². The summed E-state index contributed by atoms with van der Waals surface area (Å²) in [5, 5.41) is 5.91. The van der Waals surface area contributed by atoms with Gasteiger partial charge in [-0.05, 0) is 19.9 Å². The normalized spacial score (nSPS) is 10.0. The average molecular weight is 188 g/mol. The van der Waals surface area contributed by atoms with Gasteiger partial charge >= 0.3 is 0 Å². The lowest BCUT2D eigenvalue weighted by atomic mass is 10.3. The molecule has 4 nitrogen and oxygen atoms in total. The molecule has 0 aliphatic rings. The summed E-state index contributed by atoms with van der Waals surface area (Å²) >= 11 is 0. The molecule has 0 radical (unpaired) electrons. The second kappa shape index (κ2) is 9.48. The van der Waals surface area contributed by atoms with Crippen LogP contribution in [0.5, 0.6) is 0 Å². The Morgan fingerprint density at radius 3 is 2.77 bits per heavy atom. The second-order valence-electron chi connectivity index (χ2n) is 2.80. The van der Waals surface area contributed by atoms with Gasteiger partial charge in [-0.2, -0.15) is 0 Å². The van der Waals surface area contributed by atoms with Crippen molar-refractivity contribution in [3.05, 3.63) is 0 Å². The van der Waals surface area contributed by atoms with Crippen molar-refractivity contribution in [1.29, 1.82) is 0 Å². The molecule has 2 N–H and O–H groups in total. The fraction of sp³-hybridized carbons (Fsp3) is 0.889. The Kier molecular flexibility index (Phi) is 9.03. The Labute approximate surface area is 80.0 Å². The maximum absolute atomic E-state index is 11.0. The van der Waals surface area contributed by atoms with Crippen molar-refractivity contribution >= 4 is 5.91 Å². The average Bonchev–Trinajstić information content (AvgIpc) is 2.11. The molecule has 0 saturated heterocycles. The lowest BCUT2D eigenvalue weighted by molar-refractivity contribution is -0.120. The van der Waals surface area contributed by atoms with Gasteiger partial charge in [0, 0.05) is 33.2 Å². The molecule has 0 aromatic heterocycles. The van der Waals surface area contributed by atoms with Gasteiger partial charge in [-0.25, -0.2) is 0 Å². The van der Waals surface area contributed by atoms with Gasteiger partial charge in [-0.3, -0.25) is 4.79 Å². The van der Waals surface area contributed by atoms with E-state index in [1.165, 1.54) is 0 Å². The van der Waals surface area contributed by atoms with Gasteiger partial charge in [0.2, 0.25) is 5.91 Å². The summed E-state index contributed by atoms with van der Waals surface area (Å²) in [6.45, 7) is 5.06. The van der Waals surface area contributed by atoms with Gasteiger partial charge in [-0.15, -0.1) is 0 Å². The van der Waals surface area contributed by atoms with Crippen molar-refractivity contribution in [2.75, 3.05) is 33.4 Å². The summed E-state index contributed by atoms with van der Waals surface area (Å²) in [6.07, 6.45) is 1.55. The van der Waals surface area contributed by atoms with Gasteiger partial charge in [-0.1, -0.05) is 0 Å². The molecule has 4 heteroatoms. The van der Waals surface area contributed by atoms with Gasteiger partial charge in [0.05, 0.1) is 0 Å². The molecule has 0 bridgehead atoms. The predicted octanol–water partition coefficient (Wildman–Crippen LogP) is 0.139. The standard InChI is InChI=1S/C9H20N2O2/c1-3-11-9(12)5-7-10-6-4-8-13-2/h10H,3-8H2,1-2H3,(H,11,12). The zero-order valence-corrected chi connectivity index (χ0v) is 8.56. The predicted molar refractivity (Wildman–Crippen MR) is 52.7 cm³/mol. The van der Waals surface area contributed by atoms with Crippen LogP contribution in [0.25, 0.3) is 0 Å². The minimum absolute atomic E-state index is 0.113. The van der Waals surface area contributed by atoms with Crippen LogP contribution in [-0.4, -0.2) is 39.3 Å². The maximum atomic E-state index is 11.0. The van der Waals surface area contributed by atoms with Crippen molar-refractivity contribution in [3.8, 4) is 0 Å². The van der Waals surface area contributed by atoms with E-state index in [0.29, 0.717) is 13.0 Å². The fourth-order valence-corrected chi connectivity index (χ4v) is 0.954. The van der Waals surface area contributed by atoms with E-state index in [1.54, 1.807) is 7.11 Å². The summed E-state index contributed by atoms with van der Waals surface area (Å²) in [4.78, 5) is 11.0. The first-order valence-corrected chi connectivity index (χ1v) is 4.77. The van der Waals surface area contributed by atoms with Crippen LogP contribution in [0.4, 0.5) is 0 Å². The highest BCUT2D eigenvalue weighted by molar-refractivity contribution is 5.75. The summed E-state index contributed by atoms with van der Waals surface area (Å²) in [7, 11) is 1.69. The summed E-state index contributed by atoms with van der Waals surface area (Å²) < 4.78 is 4.89. The van der Waals surface area contributed by atoms with Gasteiger partial charge in [0.1, 0.15) is 0 Å². The molecule has 0 spiro atoms. The van der Waals surface area contributed by atoms with E-state index in [2.05, 4.69) is 10.6 Å². The molecule has 0 saturated carbocycles. The van der Waals surface area contributed by atoms with Crippen LogP contribution >= 0.6 is 0 Å². The van der Waals surface area contributed by atoms with Gasteiger partial charge in [0.25, 0.3) is 0 Å². The number of rotatable bonds is 8. The largest absolute Gasteiger partial charge is 0.385 e. The number of hydrogen-bond donors (Lipinski definition) is 2. The first-order valence-electron chi connectivity index (χ1n) is 4.77. The lowest BCUT2D eigenvalue weighted by Gasteiger charge is -2.04. The van der Waals surface area contributed by atoms with Crippen LogP contribution < -0.4 is 10.6 Å². The van der Waals surface area contributed by atoms with E-state index >= 15 is 0 Å². The molecule has 13 heavy (non-hydrogen) atoms. The molecule has 0 heterocycles. The molecule has 0 aliphatic carbocycles. The molecule has 0 atom stereocenters. The van der Waals surface area contributed by atoms with Crippen LogP contribution in [0.15, 0.2) is 0 Å². The number of nitrogens with one attached hydrogen (secondary N) is 2. The molecule has 78 valence electrons. The van der Waals surface area contributed by atoms with Crippen LogP contribution in [0.3, 0.4) is 0 Å². The Hall–Kier alpha value is -0.610. The number of methoxy groups -OCH3 is 1. The van der Waals surface area contributed by atoms with Gasteiger partial charge < -0.3 is 15.4 Å². The van der Waals surface area contributed by atoms with Crippen molar-refractivity contribution < 1.29 is 9.53 Å². The van der Waals surface area contributed by atoms with Crippen LogP contribution in [-0.2, 0) is 9.53 Å². The SMILES string of the molecule is CCNC(=O)CCNCCCOC.